The first kappa shape index (κ1) is 24.3. The van der Waals surface area contributed by atoms with Gasteiger partial charge >= 0.3 is 0 Å². The SMILES string of the molecule is Cc1ccc(-c2ccc(-c3cccs3)s2)s1.Cc1ccc(-c2cccs2)s1.Cc1cccs1. The molecule has 0 nitrogen and oxygen atoms in total. The number of rotatable bonds is 3. The average Bonchev–Trinajstić information content (AvgIpc) is 3.64. The first-order valence-corrected chi connectivity index (χ1v) is 15.5. The monoisotopic (exact) mass is 540 g/mol. The number of hydrogen-bond donors (Lipinski definition) is 0. The van der Waals surface area contributed by atoms with Gasteiger partial charge in [-0.1, -0.05) is 18.2 Å². The van der Waals surface area contributed by atoms with Gasteiger partial charge in [-0.25, -0.2) is 0 Å². The van der Waals surface area contributed by atoms with Crippen molar-refractivity contribution in [3.63, 3.8) is 0 Å². The fourth-order valence-electron chi connectivity index (χ4n) is 2.93. The molecule has 6 heteroatoms. The molecule has 0 aliphatic rings. The Morgan fingerprint density at radius 3 is 1.15 bits per heavy atom. The van der Waals surface area contributed by atoms with Gasteiger partial charge in [0.15, 0.2) is 0 Å². The van der Waals surface area contributed by atoms with Crippen molar-refractivity contribution in [3.05, 3.63) is 104 Å². The van der Waals surface area contributed by atoms with Gasteiger partial charge in [0.25, 0.3) is 0 Å². The van der Waals surface area contributed by atoms with Crippen LogP contribution in [0.25, 0.3) is 29.3 Å². The van der Waals surface area contributed by atoms with Crippen molar-refractivity contribution in [2.45, 2.75) is 20.8 Å². The predicted molar refractivity (Wildman–Crippen MR) is 157 cm³/mol. The molecular weight excluding hydrogens is 517 g/mol. The molecule has 0 saturated heterocycles. The van der Waals surface area contributed by atoms with E-state index in [9.17, 15) is 0 Å². The maximum absolute atomic E-state index is 2.23. The quantitative estimate of drug-likeness (QED) is 0.209. The van der Waals surface area contributed by atoms with E-state index in [4.69, 9.17) is 0 Å². The molecule has 168 valence electrons. The molecule has 0 aliphatic carbocycles. The fraction of sp³-hybridized carbons (Fsp3) is 0.111. The van der Waals surface area contributed by atoms with E-state index >= 15 is 0 Å². The Hall–Kier alpha value is -1.80. The zero-order valence-electron chi connectivity index (χ0n) is 18.6. The summed E-state index contributed by atoms with van der Waals surface area (Å²) in [5, 5.41) is 6.32. The van der Waals surface area contributed by atoms with Crippen LogP contribution in [0.1, 0.15) is 14.6 Å². The molecular formula is C27H24S6. The largest absolute Gasteiger partial charge is 0.149 e. The fourth-order valence-corrected chi connectivity index (χ4v) is 7.96. The molecule has 6 heterocycles. The van der Waals surface area contributed by atoms with Gasteiger partial charge in [0.2, 0.25) is 0 Å². The van der Waals surface area contributed by atoms with Crippen LogP contribution in [0.2, 0.25) is 0 Å². The summed E-state index contributed by atoms with van der Waals surface area (Å²) in [7, 11) is 0. The summed E-state index contributed by atoms with van der Waals surface area (Å²) in [5.74, 6) is 0. The zero-order chi connectivity index (χ0) is 23.0. The van der Waals surface area contributed by atoms with Gasteiger partial charge in [0.1, 0.15) is 0 Å². The molecule has 0 N–H and O–H groups in total. The third-order valence-electron chi connectivity index (χ3n) is 4.52. The second-order valence-electron chi connectivity index (χ2n) is 7.16. The van der Waals surface area contributed by atoms with E-state index < -0.39 is 0 Å². The summed E-state index contributed by atoms with van der Waals surface area (Å²) in [6, 6.07) is 25.9. The molecule has 0 radical (unpaired) electrons. The molecule has 6 aromatic heterocycles. The molecule has 0 spiro atoms. The van der Waals surface area contributed by atoms with Crippen LogP contribution < -0.4 is 0 Å². The van der Waals surface area contributed by atoms with Crippen molar-refractivity contribution in [1.29, 1.82) is 0 Å². The third-order valence-corrected chi connectivity index (χ3v) is 10.7. The Labute approximate surface area is 220 Å². The zero-order valence-corrected chi connectivity index (χ0v) is 23.5. The highest BCUT2D eigenvalue weighted by molar-refractivity contribution is 7.26. The second kappa shape index (κ2) is 12.1. The Kier molecular flexibility index (Phi) is 8.89. The van der Waals surface area contributed by atoms with Crippen LogP contribution in [0, 0.1) is 20.8 Å². The van der Waals surface area contributed by atoms with Crippen molar-refractivity contribution >= 4 is 68.0 Å². The standard InChI is InChI=1S/C13H10S3.C9H8S2.C5H6S/c1-9-4-5-12(15-9)13-7-6-11(16-13)10-3-2-8-14-10;1-7-4-5-9(11-7)8-3-2-6-10-8;1-5-3-2-4-6-5/h2-8H,1H3;2-6H,1H3;2-4H,1H3. The molecule has 0 amide bonds. The van der Waals surface area contributed by atoms with Crippen LogP contribution in [0.4, 0.5) is 0 Å². The van der Waals surface area contributed by atoms with E-state index in [-0.39, 0.29) is 0 Å². The molecule has 0 aliphatic heterocycles. The normalized spacial score (nSPS) is 10.3. The first-order valence-electron chi connectivity index (χ1n) is 10.4. The van der Waals surface area contributed by atoms with Crippen LogP contribution in [-0.2, 0) is 0 Å². The summed E-state index contributed by atoms with van der Waals surface area (Å²) in [4.78, 5) is 12.4. The van der Waals surface area contributed by atoms with E-state index in [0.717, 1.165) is 0 Å². The van der Waals surface area contributed by atoms with E-state index in [0.29, 0.717) is 0 Å². The van der Waals surface area contributed by atoms with Gasteiger partial charge in [0, 0.05) is 43.9 Å². The minimum Gasteiger partial charge on any atom is -0.149 e. The van der Waals surface area contributed by atoms with Crippen molar-refractivity contribution in [3.8, 4) is 29.3 Å². The van der Waals surface area contributed by atoms with Gasteiger partial charge in [-0.3, -0.25) is 0 Å². The molecule has 0 atom stereocenters. The maximum Gasteiger partial charge on any atom is 0.0449 e. The lowest BCUT2D eigenvalue weighted by atomic mass is 10.3. The highest BCUT2D eigenvalue weighted by Gasteiger charge is 2.07. The van der Waals surface area contributed by atoms with Crippen LogP contribution >= 0.6 is 68.0 Å². The molecule has 0 bridgehead atoms. The van der Waals surface area contributed by atoms with Crippen molar-refractivity contribution in [1.82, 2.24) is 0 Å². The molecule has 0 unspecified atom stereocenters. The Balaban J connectivity index is 0.000000132. The van der Waals surface area contributed by atoms with Crippen LogP contribution in [0.3, 0.4) is 0 Å². The van der Waals surface area contributed by atoms with Gasteiger partial charge in [-0.2, -0.15) is 0 Å². The van der Waals surface area contributed by atoms with E-state index in [1.807, 2.05) is 34.0 Å². The minimum atomic E-state index is 1.37. The first-order chi connectivity index (χ1) is 16.1. The summed E-state index contributed by atoms with van der Waals surface area (Å²) in [6.07, 6.45) is 0. The Morgan fingerprint density at radius 2 is 0.788 bits per heavy atom. The maximum atomic E-state index is 2.23. The third kappa shape index (κ3) is 7.09. The summed E-state index contributed by atoms with van der Waals surface area (Å²) in [6.45, 7) is 6.40. The van der Waals surface area contributed by atoms with Crippen LogP contribution in [0.5, 0.6) is 0 Å². The molecule has 33 heavy (non-hydrogen) atoms. The van der Waals surface area contributed by atoms with Crippen molar-refractivity contribution < 1.29 is 0 Å². The summed E-state index contributed by atoms with van der Waals surface area (Å²) in [5.41, 5.74) is 0. The molecule has 6 aromatic rings. The Bertz CT molecular complexity index is 1330. The smallest absolute Gasteiger partial charge is 0.0449 e. The van der Waals surface area contributed by atoms with E-state index in [1.165, 1.54) is 43.9 Å². The number of hydrogen-bond acceptors (Lipinski definition) is 6. The molecule has 0 saturated carbocycles. The van der Waals surface area contributed by atoms with Crippen molar-refractivity contribution in [2.24, 2.45) is 0 Å². The van der Waals surface area contributed by atoms with Gasteiger partial charge in [-0.05, 0) is 91.5 Å². The van der Waals surface area contributed by atoms with E-state index in [1.54, 1.807) is 34.0 Å². The number of thiophene rings is 6. The van der Waals surface area contributed by atoms with Crippen molar-refractivity contribution in [2.75, 3.05) is 0 Å². The van der Waals surface area contributed by atoms with Crippen LogP contribution in [0.15, 0.2) is 88.9 Å². The highest BCUT2D eigenvalue weighted by atomic mass is 32.1. The average molecular weight is 541 g/mol. The summed E-state index contributed by atoms with van der Waals surface area (Å²) >= 11 is 11.0. The lowest BCUT2D eigenvalue weighted by molar-refractivity contribution is 1.64. The molecule has 0 fully saturated rings. The highest BCUT2D eigenvalue weighted by Crippen LogP contribution is 2.38. The van der Waals surface area contributed by atoms with Gasteiger partial charge in [-0.15, -0.1) is 68.0 Å². The van der Waals surface area contributed by atoms with Crippen LogP contribution in [-0.4, -0.2) is 0 Å². The molecule has 0 aromatic carbocycles. The van der Waals surface area contributed by atoms with Gasteiger partial charge in [0.05, 0.1) is 0 Å². The Morgan fingerprint density at radius 1 is 0.364 bits per heavy atom. The topological polar surface area (TPSA) is 0 Å². The lowest BCUT2D eigenvalue weighted by Crippen LogP contribution is -1.57. The minimum absolute atomic E-state index is 1.37. The molecule has 6 rings (SSSR count). The van der Waals surface area contributed by atoms with E-state index in [2.05, 4.69) is 110 Å². The second-order valence-corrected chi connectivity index (χ2v) is 13.9. The van der Waals surface area contributed by atoms with Gasteiger partial charge < -0.3 is 0 Å². The lowest BCUT2D eigenvalue weighted by Gasteiger charge is -1.90. The number of aryl methyl sites for hydroxylation is 3. The summed E-state index contributed by atoms with van der Waals surface area (Å²) < 4.78 is 0. The predicted octanol–water partition coefficient (Wildman–Crippen LogP) is 11.4.